The minimum absolute atomic E-state index is 0.272. The molecular formula is C26H32N6O13. The molecule has 0 spiro atoms. The van der Waals surface area contributed by atoms with Crippen molar-refractivity contribution in [2.24, 2.45) is 5.73 Å². The van der Waals surface area contributed by atoms with E-state index in [4.69, 9.17) is 10.8 Å². The van der Waals surface area contributed by atoms with Gasteiger partial charge >= 0.3 is 23.9 Å². The van der Waals surface area contributed by atoms with Gasteiger partial charge in [0.05, 0.1) is 31.9 Å². The zero-order valence-electron chi connectivity index (χ0n) is 23.4. The number of benzene rings is 1. The number of aromatic amines is 1. The van der Waals surface area contributed by atoms with Gasteiger partial charge in [0.2, 0.25) is 23.6 Å². The second-order valence-electron chi connectivity index (χ2n) is 9.73. The highest BCUT2D eigenvalue weighted by molar-refractivity contribution is 5.98. The highest BCUT2D eigenvalue weighted by atomic mass is 16.4. The second-order valence-corrected chi connectivity index (χ2v) is 9.73. The van der Waals surface area contributed by atoms with E-state index in [1.807, 2.05) is 10.6 Å². The van der Waals surface area contributed by atoms with Crippen LogP contribution in [0.25, 0.3) is 10.9 Å². The summed E-state index contributed by atoms with van der Waals surface area (Å²) in [6.07, 6.45) is -1.77. The summed E-state index contributed by atoms with van der Waals surface area (Å²) >= 11 is 0. The number of carbonyl (C=O) groups excluding carboxylic acids is 4. The molecule has 0 aliphatic carbocycles. The summed E-state index contributed by atoms with van der Waals surface area (Å²) in [6, 6.07) is -2.07. The minimum atomic E-state index is -1.96. The summed E-state index contributed by atoms with van der Waals surface area (Å²) in [5.74, 6) is -11.2. The van der Waals surface area contributed by atoms with Crippen molar-refractivity contribution >= 4 is 58.4 Å². The number of rotatable bonds is 18. The number of fused-ring (bicyclic) bond motifs is 1. The summed E-state index contributed by atoms with van der Waals surface area (Å²) in [6.45, 7) is -1.00. The summed E-state index contributed by atoms with van der Waals surface area (Å²) in [4.78, 5) is 99.6. The van der Waals surface area contributed by atoms with E-state index in [1.165, 1.54) is 6.20 Å². The molecule has 2 aromatic rings. The van der Waals surface area contributed by atoms with Crippen LogP contribution in [-0.2, 0) is 44.8 Å². The molecule has 12 N–H and O–H groups in total. The van der Waals surface area contributed by atoms with Gasteiger partial charge < -0.3 is 57.5 Å². The van der Waals surface area contributed by atoms with E-state index in [9.17, 15) is 58.8 Å². The fraction of sp³-hybridized carbons (Fsp3) is 0.385. The number of amides is 4. The number of nitrogens with one attached hydrogen (secondary N) is 5. The van der Waals surface area contributed by atoms with Crippen molar-refractivity contribution in [3.63, 3.8) is 0 Å². The van der Waals surface area contributed by atoms with E-state index in [1.54, 1.807) is 24.3 Å². The molecule has 1 heterocycles. The molecule has 19 heteroatoms. The Balaban J connectivity index is 2.34. The number of H-pyrrole nitrogens is 1. The van der Waals surface area contributed by atoms with Crippen LogP contribution in [-0.4, -0.2) is 115 Å². The number of aliphatic hydroxyl groups is 1. The molecular weight excluding hydrogens is 604 g/mol. The molecule has 0 aliphatic rings. The zero-order chi connectivity index (χ0) is 33.8. The molecule has 0 saturated heterocycles. The molecule has 0 saturated carbocycles. The summed E-state index contributed by atoms with van der Waals surface area (Å²) in [7, 11) is 0. The maximum atomic E-state index is 13.3. The van der Waals surface area contributed by atoms with E-state index in [2.05, 4.69) is 15.6 Å². The number of para-hydroxylation sites is 1. The van der Waals surface area contributed by atoms with E-state index < -0.39 is 104 Å². The van der Waals surface area contributed by atoms with Crippen LogP contribution in [0.5, 0.6) is 0 Å². The van der Waals surface area contributed by atoms with E-state index in [0.717, 1.165) is 0 Å². The maximum absolute atomic E-state index is 13.3. The number of nitrogens with two attached hydrogens (primary N) is 1. The predicted molar refractivity (Wildman–Crippen MR) is 149 cm³/mol. The highest BCUT2D eigenvalue weighted by Gasteiger charge is 2.34. The molecule has 5 atom stereocenters. The lowest BCUT2D eigenvalue weighted by Crippen LogP contribution is -2.59. The van der Waals surface area contributed by atoms with Crippen LogP contribution >= 0.6 is 0 Å². The summed E-state index contributed by atoms with van der Waals surface area (Å²) < 4.78 is 0. The molecule has 0 fully saturated rings. The Hall–Kier alpha value is -5.56. The number of carbonyl (C=O) groups is 8. The van der Waals surface area contributed by atoms with Crippen molar-refractivity contribution in [1.29, 1.82) is 0 Å². The smallest absolute Gasteiger partial charge is 0.328 e. The van der Waals surface area contributed by atoms with Crippen molar-refractivity contribution in [3.8, 4) is 0 Å². The van der Waals surface area contributed by atoms with Crippen LogP contribution in [0.4, 0.5) is 0 Å². The molecule has 1 aromatic carbocycles. The minimum Gasteiger partial charge on any atom is -0.481 e. The van der Waals surface area contributed by atoms with Gasteiger partial charge in [0.25, 0.3) is 0 Å². The number of carboxylic acids is 4. The number of aliphatic hydroxyl groups excluding tert-OH is 1. The van der Waals surface area contributed by atoms with Gasteiger partial charge in [0.15, 0.2) is 0 Å². The standard InChI is InChI=1S/C26H32N6O13/c27-13(6-19(34)35)22(40)29-16(7-20(36)37)24(42)31-17(8-21(38)39)25(43)30-15(23(41)32-18(10-33)26(44)45)5-11-9-28-14-4-2-1-3-12(11)14/h1-4,9,13,15-18,28,33H,5-8,10,27H2,(H,29,40)(H,30,43)(H,31,42)(H,32,41)(H,34,35)(H,36,37)(H,38,39)(H,44,45)/t13-,15-,16-,17-,18-/m0/s1. The number of aliphatic carboxylic acids is 4. The van der Waals surface area contributed by atoms with Gasteiger partial charge in [0.1, 0.15) is 24.2 Å². The van der Waals surface area contributed by atoms with Gasteiger partial charge in [0, 0.05) is 23.5 Å². The zero-order valence-corrected chi connectivity index (χ0v) is 23.4. The van der Waals surface area contributed by atoms with Crippen molar-refractivity contribution in [2.45, 2.75) is 55.9 Å². The lowest BCUT2D eigenvalue weighted by Gasteiger charge is -2.25. The van der Waals surface area contributed by atoms with Gasteiger partial charge in [-0.3, -0.25) is 33.6 Å². The number of aromatic nitrogens is 1. The Morgan fingerprint density at radius 1 is 0.667 bits per heavy atom. The first kappa shape index (κ1) is 35.6. The topological polar surface area (TPSA) is 328 Å². The van der Waals surface area contributed by atoms with Gasteiger partial charge in [-0.2, -0.15) is 0 Å². The molecule has 19 nitrogen and oxygen atoms in total. The Morgan fingerprint density at radius 2 is 1.13 bits per heavy atom. The van der Waals surface area contributed by atoms with Crippen LogP contribution in [0, 0.1) is 0 Å². The van der Waals surface area contributed by atoms with Gasteiger partial charge in [-0.25, -0.2) is 4.79 Å². The Morgan fingerprint density at radius 3 is 1.64 bits per heavy atom. The molecule has 1 aromatic heterocycles. The lowest BCUT2D eigenvalue weighted by atomic mass is 10.0. The van der Waals surface area contributed by atoms with Crippen molar-refractivity contribution in [3.05, 3.63) is 36.0 Å². The molecule has 4 amide bonds. The predicted octanol–water partition coefficient (Wildman–Crippen LogP) is -3.52. The number of hydrogen-bond donors (Lipinski definition) is 11. The van der Waals surface area contributed by atoms with Crippen molar-refractivity contribution in [2.75, 3.05) is 6.61 Å². The first-order valence-electron chi connectivity index (χ1n) is 13.1. The second kappa shape index (κ2) is 16.3. The Kier molecular flexibility index (Phi) is 12.9. The Bertz CT molecular complexity index is 1460. The van der Waals surface area contributed by atoms with E-state index in [-0.39, 0.29) is 6.42 Å². The molecule has 0 bridgehead atoms. The van der Waals surface area contributed by atoms with Gasteiger partial charge in [-0.05, 0) is 11.6 Å². The molecule has 0 aliphatic heterocycles. The average Bonchev–Trinajstić information content (AvgIpc) is 3.36. The monoisotopic (exact) mass is 636 g/mol. The fourth-order valence-electron chi connectivity index (χ4n) is 4.06. The SMILES string of the molecule is N[C@@H](CC(=O)O)C(=O)N[C@@H](CC(=O)O)C(=O)N[C@@H](CC(=O)O)C(=O)N[C@@H](Cc1c[nH]c2ccccc12)C(=O)N[C@@H](CO)C(=O)O. The molecule has 45 heavy (non-hydrogen) atoms. The lowest BCUT2D eigenvalue weighted by molar-refractivity contribution is -0.144. The summed E-state index contributed by atoms with van der Waals surface area (Å²) in [5, 5.41) is 54.8. The third-order valence-corrected chi connectivity index (χ3v) is 6.28. The quantitative estimate of drug-likeness (QED) is 0.0756. The first-order valence-corrected chi connectivity index (χ1v) is 13.1. The molecule has 0 radical (unpaired) electrons. The number of carboxylic acid groups (broad SMARTS) is 4. The summed E-state index contributed by atoms with van der Waals surface area (Å²) in [5.41, 5.74) is 6.57. The van der Waals surface area contributed by atoms with Crippen LogP contribution in [0.3, 0.4) is 0 Å². The highest BCUT2D eigenvalue weighted by Crippen LogP contribution is 2.19. The third kappa shape index (κ3) is 10.9. The molecule has 2 rings (SSSR count). The largest absolute Gasteiger partial charge is 0.481 e. The van der Waals surface area contributed by atoms with Crippen LogP contribution < -0.4 is 27.0 Å². The van der Waals surface area contributed by atoms with Crippen LogP contribution in [0.2, 0.25) is 0 Å². The Labute approximate surface area is 253 Å². The van der Waals surface area contributed by atoms with E-state index >= 15 is 0 Å². The van der Waals surface area contributed by atoms with Crippen molar-refractivity contribution < 1.29 is 63.9 Å². The number of hydrogen-bond acceptors (Lipinski definition) is 10. The van der Waals surface area contributed by atoms with Crippen molar-refractivity contribution in [1.82, 2.24) is 26.3 Å². The first-order chi connectivity index (χ1) is 21.1. The normalized spacial score (nSPS) is 14.2. The van der Waals surface area contributed by atoms with Gasteiger partial charge in [-0.1, -0.05) is 18.2 Å². The van der Waals surface area contributed by atoms with E-state index in [0.29, 0.717) is 16.5 Å². The fourth-order valence-corrected chi connectivity index (χ4v) is 4.06. The molecule has 0 unspecified atom stereocenters. The van der Waals surface area contributed by atoms with Crippen LogP contribution in [0.1, 0.15) is 24.8 Å². The van der Waals surface area contributed by atoms with Gasteiger partial charge in [-0.15, -0.1) is 0 Å². The molecule has 244 valence electrons. The average molecular weight is 637 g/mol. The maximum Gasteiger partial charge on any atom is 0.328 e. The van der Waals surface area contributed by atoms with Crippen LogP contribution in [0.15, 0.2) is 30.5 Å². The third-order valence-electron chi connectivity index (χ3n) is 6.28.